The fraction of sp³-hybridized carbons (Fsp3) is 0.167. The largest absolute Gasteiger partial charge is 0.274 e. The smallest absolute Gasteiger partial charge is 0.238 e. The van der Waals surface area contributed by atoms with Gasteiger partial charge < -0.3 is 0 Å². The summed E-state index contributed by atoms with van der Waals surface area (Å²) in [5.41, 5.74) is 2.74. The maximum absolute atomic E-state index is 11.6. The van der Waals surface area contributed by atoms with Gasteiger partial charge in [-0.2, -0.15) is 0 Å². The molecule has 15 heavy (non-hydrogen) atoms. The molecule has 2 amide bonds. The SMILES string of the molecule is O=C1CC2=C3/C(=C\C=C/C=C2)CC(=O)N13. The van der Waals surface area contributed by atoms with Crippen LogP contribution in [0.1, 0.15) is 12.8 Å². The average Bonchev–Trinajstić information content (AvgIpc) is 2.64. The predicted molar refractivity (Wildman–Crippen MR) is 54.5 cm³/mol. The molecule has 0 radical (unpaired) electrons. The molecular weight excluding hydrogens is 190 g/mol. The second kappa shape index (κ2) is 2.79. The van der Waals surface area contributed by atoms with Gasteiger partial charge in [-0.3, -0.25) is 9.59 Å². The van der Waals surface area contributed by atoms with Crippen molar-refractivity contribution in [3.63, 3.8) is 0 Å². The van der Waals surface area contributed by atoms with Crippen molar-refractivity contribution in [2.75, 3.05) is 0 Å². The molecule has 1 saturated heterocycles. The summed E-state index contributed by atoms with van der Waals surface area (Å²) in [4.78, 5) is 24.6. The van der Waals surface area contributed by atoms with Gasteiger partial charge in [0.25, 0.3) is 0 Å². The Kier molecular flexibility index (Phi) is 1.57. The number of amides is 2. The van der Waals surface area contributed by atoms with Gasteiger partial charge in [0, 0.05) is 0 Å². The molecule has 0 aromatic rings. The molecule has 1 aliphatic carbocycles. The molecule has 0 saturated carbocycles. The van der Waals surface area contributed by atoms with Crippen molar-refractivity contribution in [2.24, 2.45) is 0 Å². The highest BCUT2D eigenvalue weighted by atomic mass is 16.2. The van der Waals surface area contributed by atoms with Gasteiger partial charge in [0.1, 0.15) is 0 Å². The van der Waals surface area contributed by atoms with Crippen LogP contribution in [0, 0.1) is 0 Å². The molecule has 0 atom stereocenters. The Morgan fingerprint density at radius 3 is 2.67 bits per heavy atom. The molecule has 3 rings (SSSR count). The third-order valence-corrected chi connectivity index (χ3v) is 2.83. The lowest BCUT2D eigenvalue weighted by atomic mass is 10.0. The van der Waals surface area contributed by atoms with Crippen LogP contribution in [0.4, 0.5) is 0 Å². The number of carbonyl (C=O) groups is 2. The second-order valence-electron chi connectivity index (χ2n) is 3.79. The molecule has 2 heterocycles. The van der Waals surface area contributed by atoms with Crippen molar-refractivity contribution in [1.29, 1.82) is 0 Å². The minimum Gasteiger partial charge on any atom is -0.274 e. The van der Waals surface area contributed by atoms with Gasteiger partial charge in [-0.15, -0.1) is 0 Å². The van der Waals surface area contributed by atoms with Gasteiger partial charge in [0.05, 0.1) is 18.5 Å². The fourth-order valence-corrected chi connectivity index (χ4v) is 2.22. The van der Waals surface area contributed by atoms with E-state index >= 15 is 0 Å². The Morgan fingerprint density at radius 1 is 1.00 bits per heavy atom. The molecule has 3 aliphatic rings. The first-order valence-electron chi connectivity index (χ1n) is 4.90. The highest BCUT2D eigenvalue weighted by molar-refractivity contribution is 6.06. The molecule has 1 fully saturated rings. The molecule has 3 nitrogen and oxygen atoms in total. The van der Waals surface area contributed by atoms with E-state index in [4.69, 9.17) is 0 Å². The van der Waals surface area contributed by atoms with Crippen LogP contribution in [-0.2, 0) is 9.59 Å². The summed E-state index contributed by atoms with van der Waals surface area (Å²) in [5, 5.41) is 0. The van der Waals surface area contributed by atoms with Crippen LogP contribution in [-0.4, -0.2) is 16.7 Å². The molecule has 2 aliphatic heterocycles. The zero-order valence-corrected chi connectivity index (χ0v) is 8.06. The summed E-state index contributed by atoms with van der Waals surface area (Å²) < 4.78 is 0. The molecule has 3 heteroatoms. The molecule has 0 spiro atoms. The van der Waals surface area contributed by atoms with Gasteiger partial charge in [-0.1, -0.05) is 30.4 Å². The number of imide groups is 1. The molecular formula is C12H9NO2. The van der Waals surface area contributed by atoms with E-state index in [0.717, 1.165) is 16.8 Å². The quantitative estimate of drug-likeness (QED) is 0.554. The fourth-order valence-electron chi connectivity index (χ4n) is 2.22. The monoisotopic (exact) mass is 199 g/mol. The Hall–Kier alpha value is -1.90. The van der Waals surface area contributed by atoms with Crippen LogP contribution in [0.5, 0.6) is 0 Å². The highest BCUT2D eigenvalue weighted by Crippen LogP contribution is 2.38. The first-order chi connectivity index (χ1) is 7.27. The highest BCUT2D eigenvalue weighted by Gasteiger charge is 2.41. The maximum atomic E-state index is 11.6. The van der Waals surface area contributed by atoms with Crippen molar-refractivity contribution in [3.8, 4) is 0 Å². The van der Waals surface area contributed by atoms with E-state index in [1.165, 1.54) is 4.90 Å². The number of nitrogens with zero attached hydrogens (tertiary/aromatic N) is 1. The molecule has 0 unspecified atom stereocenters. The minimum absolute atomic E-state index is 0.0973. The van der Waals surface area contributed by atoms with Crippen LogP contribution >= 0.6 is 0 Å². The van der Waals surface area contributed by atoms with Crippen LogP contribution in [0.3, 0.4) is 0 Å². The zero-order valence-electron chi connectivity index (χ0n) is 8.06. The first-order valence-corrected chi connectivity index (χ1v) is 4.90. The minimum atomic E-state index is -0.0973. The summed E-state index contributed by atoms with van der Waals surface area (Å²) in [6.07, 6.45) is 10.2. The van der Waals surface area contributed by atoms with Crippen LogP contribution in [0.25, 0.3) is 0 Å². The van der Waals surface area contributed by atoms with E-state index < -0.39 is 0 Å². The van der Waals surface area contributed by atoms with Crippen molar-refractivity contribution in [1.82, 2.24) is 4.90 Å². The van der Waals surface area contributed by atoms with Gasteiger partial charge in [0.2, 0.25) is 11.8 Å². The van der Waals surface area contributed by atoms with E-state index in [-0.39, 0.29) is 11.8 Å². The summed E-state index contributed by atoms with van der Waals surface area (Å²) in [5.74, 6) is -0.195. The number of hydrogen-bond acceptors (Lipinski definition) is 2. The summed E-state index contributed by atoms with van der Waals surface area (Å²) >= 11 is 0. The van der Waals surface area contributed by atoms with Crippen molar-refractivity contribution < 1.29 is 9.59 Å². The Labute approximate surface area is 87.1 Å². The molecule has 0 aromatic carbocycles. The summed E-state index contributed by atoms with van der Waals surface area (Å²) in [7, 11) is 0. The average molecular weight is 199 g/mol. The number of hydrogen-bond donors (Lipinski definition) is 0. The number of allylic oxidation sites excluding steroid dienone is 6. The van der Waals surface area contributed by atoms with E-state index in [9.17, 15) is 9.59 Å². The van der Waals surface area contributed by atoms with Gasteiger partial charge in [-0.05, 0) is 11.1 Å². The van der Waals surface area contributed by atoms with Crippen molar-refractivity contribution in [2.45, 2.75) is 12.8 Å². The van der Waals surface area contributed by atoms with Crippen molar-refractivity contribution in [3.05, 3.63) is 47.2 Å². The normalized spacial score (nSPS) is 28.8. The van der Waals surface area contributed by atoms with E-state index in [1.807, 2.05) is 30.4 Å². The third-order valence-electron chi connectivity index (χ3n) is 2.83. The lowest BCUT2D eigenvalue weighted by molar-refractivity contribution is -0.138. The Morgan fingerprint density at radius 2 is 1.80 bits per heavy atom. The van der Waals surface area contributed by atoms with Gasteiger partial charge in [-0.25, -0.2) is 4.90 Å². The van der Waals surface area contributed by atoms with E-state index in [1.54, 1.807) is 0 Å². The van der Waals surface area contributed by atoms with Crippen molar-refractivity contribution >= 4 is 11.8 Å². The standard InChI is InChI=1S/C12H9NO2/c14-10-6-8-4-2-1-3-5-9-7-11(15)13(10)12(8)9/h1-5H,6-7H2/b2-1-,3-1?,4-2?,5-3?,8-4-,9-5?. The maximum Gasteiger partial charge on any atom is 0.238 e. The van der Waals surface area contributed by atoms with Crippen LogP contribution < -0.4 is 0 Å². The predicted octanol–water partition coefficient (Wildman–Crippen LogP) is 1.46. The second-order valence-corrected chi connectivity index (χ2v) is 3.79. The third kappa shape index (κ3) is 1.06. The molecule has 0 aromatic heterocycles. The summed E-state index contributed by atoms with van der Waals surface area (Å²) in [6.45, 7) is 0. The van der Waals surface area contributed by atoms with Crippen LogP contribution in [0.15, 0.2) is 47.2 Å². The van der Waals surface area contributed by atoms with Crippen LogP contribution in [0.2, 0.25) is 0 Å². The number of rotatable bonds is 0. The first kappa shape index (κ1) is 8.41. The van der Waals surface area contributed by atoms with Gasteiger partial charge >= 0.3 is 0 Å². The lowest BCUT2D eigenvalue weighted by Crippen LogP contribution is -2.25. The Balaban J connectivity index is 2.22. The van der Waals surface area contributed by atoms with E-state index in [0.29, 0.717) is 12.8 Å². The lowest BCUT2D eigenvalue weighted by Gasteiger charge is -2.08. The molecule has 0 bridgehead atoms. The molecule has 74 valence electrons. The molecule has 0 N–H and O–H groups in total. The summed E-state index contributed by atoms with van der Waals surface area (Å²) in [6, 6.07) is 0. The zero-order chi connectivity index (χ0) is 10.4. The van der Waals surface area contributed by atoms with E-state index in [2.05, 4.69) is 0 Å². The Bertz CT molecular complexity index is 492. The topological polar surface area (TPSA) is 37.4 Å². The number of carbonyl (C=O) groups excluding carboxylic acids is 2. The van der Waals surface area contributed by atoms with Gasteiger partial charge in [0.15, 0.2) is 0 Å².